The molecule has 0 aliphatic rings. The normalized spacial score (nSPS) is 11.0. The SMILES string of the molecule is Cc1nnnn1-c1ccc(Nc2ncnc3cc(-c4ccccc4)sc23)cc1. The van der Waals surface area contributed by atoms with Gasteiger partial charge in [-0.05, 0) is 53.2 Å². The number of rotatable bonds is 4. The maximum absolute atomic E-state index is 4.45. The minimum Gasteiger partial charge on any atom is -0.339 e. The molecule has 0 radical (unpaired) electrons. The quantitative estimate of drug-likeness (QED) is 0.494. The molecule has 3 heterocycles. The van der Waals surface area contributed by atoms with E-state index in [-0.39, 0.29) is 0 Å². The van der Waals surface area contributed by atoms with Crippen LogP contribution in [0.4, 0.5) is 11.5 Å². The Bertz CT molecular complexity index is 1240. The third-order valence-electron chi connectivity index (χ3n) is 4.37. The predicted octanol–water partition coefficient (Wildman–Crippen LogP) is 4.39. The van der Waals surface area contributed by atoms with Crippen LogP contribution in [0.5, 0.6) is 0 Å². The zero-order chi connectivity index (χ0) is 18.9. The molecular weight excluding hydrogens is 370 g/mol. The Labute approximate surface area is 164 Å². The van der Waals surface area contributed by atoms with Gasteiger partial charge in [-0.3, -0.25) is 0 Å². The van der Waals surface area contributed by atoms with Crippen molar-refractivity contribution in [2.24, 2.45) is 0 Å². The average molecular weight is 385 g/mol. The predicted molar refractivity (Wildman–Crippen MR) is 110 cm³/mol. The van der Waals surface area contributed by atoms with Gasteiger partial charge in [0, 0.05) is 10.6 Å². The van der Waals surface area contributed by atoms with Crippen molar-refractivity contribution in [2.45, 2.75) is 6.92 Å². The Morgan fingerprint density at radius 3 is 2.54 bits per heavy atom. The first-order chi connectivity index (χ1) is 13.8. The highest BCUT2D eigenvalue weighted by molar-refractivity contribution is 7.22. The number of nitrogens with one attached hydrogen (secondary N) is 1. The molecule has 0 saturated carbocycles. The number of aromatic nitrogens is 6. The second kappa shape index (κ2) is 6.82. The number of anilines is 2. The summed E-state index contributed by atoms with van der Waals surface area (Å²) in [7, 11) is 0. The number of thiophene rings is 1. The van der Waals surface area contributed by atoms with E-state index >= 15 is 0 Å². The fourth-order valence-electron chi connectivity index (χ4n) is 2.98. The van der Waals surface area contributed by atoms with Crippen molar-refractivity contribution in [1.82, 2.24) is 30.2 Å². The zero-order valence-electron chi connectivity index (χ0n) is 14.9. The van der Waals surface area contributed by atoms with Gasteiger partial charge in [-0.2, -0.15) is 4.68 Å². The molecule has 8 heteroatoms. The van der Waals surface area contributed by atoms with Gasteiger partial charge in [-0.15, -0.1) is 16.4 Å². The van der Waals surface area contributed by atoms with Gasteiger partial charge in [-0.25, -0.2) is 9.97 Å². The van der Waals surface area contributed by atoms with Crippen LogP contribution in [0, 0.1) is 6.92 Å². The van der Waals surface area contributed by atoms with Crippen LogP contribution >= 0.6 is 11.3 Å². The number of tetrazole rings is 1. The van der Waals surface area contributed by atoms with E-state index in [1.165, 1.54) is 10.4 Å². The Morgan fingerprint density at radius 1 is 0.964 bits per heavy atom. The van der Waals surface area contributed by atoms with Crippen LogP contribution in [-0.2, 0) is 0 Å². The Kier molecular flexibility index (Phi) is 4.02. The average Bonchev–Trinajstić information content (AvgIpc) is 3.36. The molecule has 0 aliphatic heterocycles. The lowest BCUT2D eigenvalue weighted by Crippen LogP contribution is -2.00. The fraction of sp³-hybridized carbons (Fsp3) is 0.0500. The smallest absolute Gasteiger partial charge is 0.153 e. The molecule has 3 aromatic heterocycles. The summed E-state index contributed by atoms with van der Waals surface area (Å²) in [6.07, 6.45) is 1.59. The number of fused-ring (bicyclic) bond motifs is 1. The molecule has 7 nitrogen and oxygen atoms in total. The molecule has 5 aromatic rings. The monoisotopic (exact) mass is 385 g/mol. The van der Waals surface area contributed by atoms with Crippen LogP contribution in [0.3, 0.4) is 0 Å². The first-order valence-corrected chi connectivity index (χ1v) is 9.52. The molecule has 0 fully saturated rings. The first-order valence-electron chi connectivity index (χ1n) is 8.70. The lowest BCUT2D eigenvalue weighted by atomic mass is 10.2. The van der Waals surface area contributed by atoms with Crippen molar-refractivity contribution in [1.29, 1.82) is 0 Å². The fourth-order valence-corrected chi connectivity index (χ4v) is 4.04. The van der Waals surface area contributed by atoms with Gasteiger partial charge in [0.05, 0.1) is 15.9 Å². The topological polar surface area (TPSA) is 81.4 Å². The summed E-state index contributed by atoms with van der Waals surface area (Å²) in [6, 6.07) is 20.3. The van der Waals surface area contributed by atoms with Gasteiger partial charge in [-0.1, -0.05) is 30.3 Å². The van der Waals surface area contributed by atoms with Gasteiger partial charge in [0.2, 0.25) is 0 Å². The zero-order valence-corrected chi connectivity index (χ0v) is 15.8. The molecule has 0 amide bonds. The Hall–Kier alpha value is -3.65. The van der Waals surface area contributed by atoms with Crippen LogP contribution in [-0.4, -0.2) is 30.2 Å². The summed E-state index contributed by atoms with van der Waals surface area (Å²) in [5.41, 5.74) is 3.95. The molecule has 0 saturated heterocycles. The molecule has 136 valence electrons. The summed E-state index contributed by atoms with van der Waals surface area (Å²) in [5.74, 6) is 1.54. The van der Waals surface area contributed by atoms with Gasteiger partial charge in [0.1, 0.15) is 6.33 Å². The van der Waals surface area contributed by atoms with Crippen molar-refractivity contribution in [3.8, 4) is 16.1 Å². The largest absolute Gasteiger partial charge is 0.339 e. The van der Waals surface area contributed by atoms with E-state index in [0.717, 1.165) is 33.2 Å². The minimum atomic E-state index is 0.741. The summed E-state index contributed by atoms with van der Waals surface area (Å²) in [5, 5.41) is 15.0. The second-order valence-corrected chi connectivity index (χ2v) is 7.28. The van der Waals surface area contributed by atoms with E-state index in [2.05, 4.69) is 49.0 Å². The summed E-state index contributed by atoms with van der Waals surface area (Å²) in [4.78, 5) is 10.0. The van der Waals surface area contributed by atoms with Crippen molar-refractivity contribution in [2.75, 3.05) is 5.32 Å². The number of hydrogen-bond acceptors (Lipinski definition) is 7. The highest BCUT2D eigenvalue weighted by atomic mass is 32.1. The number of hydrogen-bond donors (Lipinski definition) is 1. The van der Waals surface area contributed by atoms with Crippen molar-refractivity contribution in [3.63, 3.8) is 0 Å². The standard InChI is InChI=1S/C20H15N7S/c1-13-24-25-26-27(13)16-9-7-15(8-10-16)23-20-19-17(21-12-22-20)11-18(28-19)14-5-3-2-4-6-14/h2-12H,1H3,(H,21,22,23). The lowest BCUT2D eigenvalue weighted by molar-refractivity contribution is 0.779. The molecule has 1 N–H and O–H groups in total. The summed E-state index contributed by atoms with van der Waals surface area (Å²) < 4.78 is 2.72. The highest BCUT2D eigenvalue weighted by Gasteiger charge is 2.11. The van der Waals surface area contributed by atoms with Gasteiger partial charge < -0.3 is 5.32 Å². The van der Waals surface area contributed by atoms with Gasteiger partial charge in [0.25, 0.3) is 0 Å². The van der Waals surface area contributed by atoms with E-state index in [4.69, 9.17) is 0 Å². The van der Waals surface area contributed by atoms with E-state index < -0.39 is 0 Å². The molecule has 0 spiro atoms. The molecule has 28 heavy (non-hydrogen) atoms. The van der Waals surface area contributed by atoms with Gasteiger partial charge in [0.15, 0.2) is 11.6 Å². The molecular formula is C20H15N7S. The molecule has 0 unspecified atom stereocenters. The van der Waals surface area contributed by atoms with E-state index in [9.17, 15) is 0 Å². The first kappa shape index (κ1) is 16.5. The van der Waals surface area contributed by atoms with Crippen LogP contribution < -0.4 is 5.32 Å². The van der Waals surface area contributed by atoms with Crippen LogP contribution in [0.1, 0.15) is 5.82 Å². The maximum atomic E-state index is 4.45. The lowest BCUT2D eigenvalue weighted by Gasteiger charge is -2.07. The van der Waals surface area contributed by atoms with Crippen LogP contribution in [0.15, 0.2) is 67.0 Å². The third-order valence-corrected chi connectivity index (χ3v) is 5.55. The molecule has 5 rings (SSSR count). The van der Waals surface area contributed by atoms with Crippen molar-refractivity contribution >= 4 is 33.1 Å². The molecule has 0 aliphatic carbocycles. The van der Waals surface area contributed by atoms with E-state index in [1.807, 2.05) is 49.4 Å². The molecule has 2 aromatic carbocycles. The highest BCUT2D eigenvalue weighted by Crippen LogP contribution is 2.36. The van der Waals surface area contributed by atoms with E-state index in [1.54, 1.807) is 22.3 Å². The van der Waals surface area contributed by atoms with Gasteiger partial charge >= 0.3 is 0 Å². The number of aryl methyl sites for hydroxylation is 1. The molecule has 0 atom stereocenters. The molecule has 0 bridgehead atoms. The number of benzene rings is 2. The second-order valence-electron chi connectivity index (χ2n) is 6.22. The van der Waals surface area contributed by atoms with Crippen molar-refractivity contribution in [3.05, 3.63) is 72.8 Å². The van der Waals surface area contributed by atoms with Crippen LogP contribution in [0.25, 0.3) is 26.3 Å². The summed E-state index contributed by atoms with van der Waals surface area (Å²) in [6.45, 7) is 1.87. The van der Waals surface area contributed by atoms with Crippen LogP contribution in [0.2, 0.25) is 0 Å². The number of nitrogens with zero attached hydrogens (tertiary/aromatic N) is 6. The van der Waals surface area contributed by atoms with Crippen molar-refractivity contribution < 1.29 is 0 Å². The maximum Gasteiger partial charge on any atom is 0.153 e. The summed E-state index contributed by atoms with van der Waals surface area (Å²) >= 11 is 1.68. The minimum absolute atomic E-state index is 0.741. The Balaban J connectivity index is 1.47. The third kappa shape index (κ3) is 2.99. The Morgan fingerprint density at radius 2 is 1.79 bits per heavy atom. The van der Waals surface area contributed by atoms with E-state index in [0.29, 0.717) is 0 Å².